The fraction of sp³-hybridized carbons (Fsp3) is 0.375. The van der Waals surface area contributed by atoms with Gasteiger partial charge in [-0.05, 0) is 49.6 Å². The summed E-state index contributed by atoms with van der Waals surface area (Å²) in [6.07, 6.45) is -4.90. The van der Waals surface area contributed by atoms with Crippen LogP contribution < -0.4 is 0 Å². The summed E-state index contributed by atoms with van der Waals surface area (Å²) in [5.41, 5.74) is 2.98. The van der Waals surface area contributed by atoms with Crippen molar-refractivity contribution in [3.8, 4) is 0 Å². The zero-order chi connectivity index (χ0) is 22.9. The van der Waals surface area contributed by atoms with Crippen molar-refractivity contribution in [2.24, 2.45) is 5.92 Å². The molecule has 166 valence electrons. The van der Waals surface area contributed by atoms with Gasteiger partial charge in [0.25, 0.3) is 0 Å². The Morgan fingerprint density at radius 2 is 1.77 bits per heavy atom. The lowest BCUT2D eigenvalue weighted by atomic mass is 9.89. The number of carbonyl (C=O) groups excluding carboxylic acids is 1. The van der Waals surface area contributed by atoms with Crippen LogP contribution in [0.25, 0.3) is 5.57 Å². The largest absolute Gasteiger partial charge is 0.511 e. The van der Waals surface area contributed by atoms with Gasteiger partial charge in [0.1, 0.15) is 17.4 Å². The first-order chi connectivity index (χ1) is 14.5. The molecule has 7 heteroatoms. The lowest BCUT2D eigenvalue weighted by Crippen LogP contribution is -2.32. The van der Waals surface area contributed by atoms with Crippen LogP contribution in [0.15, 0.2) is 47.1 Å². The van der Waals surface area contributed by atoms with Crippen molar-refractivity contribution < 1.29 is 27.8 Å². The molecule has 1 aliphatic heterocycles. The van der Waals surface area contributed by atoms with Crippen molar-refractivity contribution in [3.63, 3.8) is 0 Å². The van der Waals surface area contributed by atoms with Crippen LogP contribution in [0.3, 0.4) is 0 Å². The third-order valence-corrected chi connectivity index (χ3v) is 6.76. The molecule has 1 aliphatic rings. The van der Waals surface area contributed by atoms with E-state index in [4.69, 9.17) is 4.74 Å². The molecule has 31 heavy (non-hydrogen) atoms. The molecule has 2 atom stereocenters. The van der Waals surface area contributed by atoms with Crippen molar-refractivity contribution in [1.29, 1.82) is 0 Å². The number of aliphatic hydroxyl groups excluding tert-OH is 1. The molecule has 0 aromatic heterocycles. The van der Waals surface area contributed by atoms with Crippen LogP contribution >= 0.6 is 11.8 Å². The number of hydrogen-bond donors (Lipinski definition) is 1. The first-order valence-electron chi connectivity index (χ1n) is 9.99. The molecule has 3 rings (SSSR count). The van der Waals surface area contributed by atoms with E-state index in [0.29, 0.717) is 11.3 Å². The maximum Gasteiger partial charge on any atom is 0.417 e. The summed E-state index contributed by atoms with van der Waals surface area (Å²) in [6, 6.07) is 9.31. The first kappa shape index (κ1) is 23.3. The number of aryl methyl sites for hydroxylation is 3. The minimum absolute atomic E-state index is 0.0381. The van der Waals surface area contributed by atoms with Gasteiger partial charge in [0.15, 0.2) is 0 Å². The third kappa shape index (κ3) is 5.09. The molecule has 2 unspecified atom stereocenters. The molecule has 1 N–H and O–H groups in total. The smallest absolute Gasteiger partial charge is 0.417 e. The standard InChI is InChI=1S/C24H25F3O3S/c1-13-9-14(2)21(15(3)10-13)22-18(28)11-19(30-23(22)29)16(4)12-31-20-8-6-5-7-17(20)24(25,26)27/h5-10,16,19,28H,11-12H2,1-4H3. The van der Waals surface area contributed by atoms with E-state index in [2.05, 4.69) is 0 Å². The van der Waals surface area contributed by atoms with Crippen LogP contribution in [0.5, 0.6) is 0 Å². The number of rotatable bonds is 5. The van der Waals surface area contributed by atoms with E-state index in [0.717, 1.165) is 34.5 Å². The van der Waals surface area contributed by atoms with Crippen LogP contribution in [0.4, 0.5) is 13.2 Å². The van der Waals surface area contributed by atoms with Crippen LogP contribution in [-0.4, -0.2) is 22.9 Å². The number of ether oxygens (including phenoxy) is 1. The normalized spacial score (nSPS) is 18.2. The predicted octanol–water partition coefficient (Wildman–Crippen LogP) is 6.64. The quantitative estimate of drug-likeness (QED) is 0.410. The highest BCUT2D eigenvalue weighted by Gasteiger charge is 2.36. The van der Waals surface area contributed by atoms with E-state index < -0.39 is 23.8 Å². The van der Waals surface area contributed by atoms with Crippen molar-refractivity contribution in [3.05, 3.63) is 70.0 Å². The number of halogens is 3. The molecule has 1 heterocycles. The third-order valence-electron chi connectivity index (χ3n) is 5.40. The molecular formula is C24H25F3O3S. The molecule has 3 nitrogen and oxygen atoms in total. The molecule has 0 amide bonds. The average Bonchev–Trinajstić information content (AvgIpc) is 2.66. The Hall–Kier alpha value is -2.41. The summed E-state index contributed by atoms with van der Waals surface area (Å²) < 4.78 is 45.2. The molecule has 2 aromatic carbocycles. The molecule has 0 spiro atoms. The van der Waals surface area contributed by atoms with E-state index in [-0.39, 0.29) is 28.6 Å². The van der Waals surface area contributed by atoms with E-state index in [1.807, 2.05) is 39.8 Å². The molecule has 0 saturated heterocycles. The van der Waals surface area contributed by atoms with Crippen molar-refractivity contribution in [2.45, 2.75) is 51.3 Å². The van der Waals surface area contributed by atoms with Gasteiger partial charge in [0.05, 0.1) is 5.56 Å². The highest BCUT2D eigenvalue weighted by Crippen LogP contribution is 2.39. The molecular weight excluding hydrogens is 425 g/mol. The number of alkyl halides is 3. The van der Waals surface area contributed by atoms with Crippen LogP contribution in [0, 0.1) is 26.7 Å². The Morgan fingerprint density at radius 3 is 2.35 bits per heavy atom. The summed E-state index contributed by atoms with van der Waals surface area (Å²) in [5, 5.41) is 10.7. The average molecular weight is 451 g/mol. The van der Waals surface area contributed by atoms with Crippen LogP contribution in [-0.2, 0) is 15.7 Å². The fourth-order valence-electron chi connectivity index (χ4n) is 3.94. The number of carbonyl (C=O) groups is 1. The SMILES string of the molecule is Cc1cc(C)c(C2=C(O)CC(C(C)CSc3ccccc3C(F)(F)F)OC2=O)c(C)c1. The Labute approximate surface area is 184 Å². The minimum atomic E-state index is -4.43. The lowest BCUT2D eigenvalue weighted by molar-refractivity contribution is -0.145. The zero-order valence-electron chi connectivity index (χ0n) is 17.8. The van der Waals surface area contributed by atoms with Crippen LogP contribution in [0.2, 0.25) is 0 Å². The topological polar surface area (TPSA) is 46.5 Å². The molecule has 0 radical (unpaired) electrons. The second-order valence-electron chi connectivity index (χ2n) is 8.03. The van der Waals surface area contributed by atoms with Crippen molar-refractivity contribution in [2.75, 3.05) is 5.75 Å². The first-order valence-corrected chi connectivity index (χ1v) is 11.0. The Kier molecular flexibility index (Phi) is 6.74. The Balaban J connectivity index is 1.77. The predicted molar refractivity (Wildman–Crippen MR) is 116 cm³/mol. The highest BCUT2D eigenvalue weighted by molar-refractivity contribution is 7.99. The summed E-state index contributed by atoms with van der Waals surface area (Å²) in [4.78, 5) is 12.9. The van der Waals surface area contributed by atoms with Gasteiger partial charge in [-0.2, -0.15) is 13.2 Å². The van der Waals surface area contributed by atoms with E-state index in [1.54, 1.807) is 6.07 Å². The number of aliphatic hydroxyl groups is 1. The summed E-state index contributed by atoms with van der Waals surface area (Å²) in [7, 11) is 0. The lowest BCUT2D eigenvalue weighted by Gasteiger charge is -2.30. The minimum Gasteiger partial charge on any atom is -0.511 e. The number of cyclic esters (lactones) is 1. The fourth-order valence-corrected chi connectivity index (χ4v) is 5.11. The van der Waals surface area contributed by atoms with E-state index in [9.17, 15) is 23.1 Å². The molecule has 2 aromatic rings. The summed E-state index contributed by atoms with van der Waals surface area (Å²) >= 11 is 1.07. The van der Waals surface area contributed by atoms with Gasteiger partial charge in [-0.3, -0.25) is 0 Å². The Bertz CT molecular complexity index is 1000. The number of hydrogen-bond acceptors (Lipinski definition) is 4. The van der Waals surface area contributed by atoms with Gasteiger partial charge >= 0.3 is 12.1 Å². The van der Waals surface area contributed by atoms with Crippen molar-refractivity contribution >= 4 is 23.3 Å². The van der Waals surface area contributed by atoms with Crippen LogP contribution in [0.1, 0.15) is 41.2 Å². The van der Waals surface area contributed by atoms with Gasteiger partial charge in [-0.15, -0.1) is 11.8 Å². The van der Waals surface area contributed by atoms with Gasteiger partial charge in [0.2, 0.25) is 0 Å². The van der Waals surface area contributed by atoms with E-state index in [1.165, 1.54) is 12.1 Å². The molecule has 0 fully saturated rings. The summed E-state index contributed by atoms with van der Waals surface area (Å²) in [5.74, 6) is -0.574. The Morgan fingerprint density at radius 1 is 1.16 bits per heavy atom. The van der Waals surface area contributed by atoms with Crippen molar-refractivity contribution in [1.82, 2.24) is 0 Å². The second kappa shape index (κ2) is 8.99. The van der Waals surface area contributed by atoms with Gasteiger partial charge in [-0.1, -0.05) is 36.8 Å². The summed E-state index contributed by atoms with van der Waals surface area (Å²) in [6.45, 7) is 7.53. The van der Waals surface area contributed by atoms with Gasteiger partial charge < -0.3 is 9.84 Å². The van der Waals surface area contributed by atoms with Gasteiger partial charge in [-0.25, -0.2) is 4.79 Å². The maximum absolute atomic E-state index is 13.2. The van der Waals surface area contributed by atoms with Gasteiger partial charge in [0, 0.05) is 23.0 Å². The van der Waals surface area contributed by atoms with E-state index >= 15 is 0 Å². The maximum atomic E-state index is 13.2. The molecule has 0 bridgehead atoms. The second-order valence-corrected chi connectivity index (χ2v) is 9.09. The zero-order valence-corrected chi connectivity index (χ0v) is 18.7. The highest BCUT2D eigenvalue weighted by atomic mass is 32.2. The molecule has 0 saturated carbocycles. The number of esters is 1. The monoisotopic (exact) mass is 450 g/mol. The number of benzene rings is 2. The molecule has 0 aliphatic carbocycles. The number of thioether (sulfide) groups is 1.